The Bertz CT molecular complexity index is 661. The minimum atomic E-state index is -5.08. The van der Waals surface area contributed by atoms with E-state index >= 15 is 0 Å². The smallest absolute Gasteiger partial charge is 0.475 e. The molecule has 1 unspecified atom stereocenters. The number of amides is 1. The Morgan fingerprint density at radius 3 is 2.54 bits per heavy atom. The lowest BCUT2D eigenvalue weighted by molar-refractivity contribution is -0.192. The van der Waals surface area contributed by atoms with Crippen LogP contribution in [0.1, 0.15) is 31.7 Å². The van der Waals surface area contributed by atoms with Gasteiger partial charge < -0.3 is 19.5 Å². The van der Waals surface area contributed by atoms with E-state index in [1.54, 1.807) is 13.1 Å². The maximum absolute atomic E-state index is 11.4. The average Bonchev–Trinajstić information content (AvgIpc) is 3.03. The van der Waals surface area contributed by atoms with Crippen LogP contribution in [0, 0.1) is 0 Å². The lowest BCUT2D eigenvalue weighted by Crippen LogP contribution is -2.45. The molecule has 0 radical (unpaired) electrons. The van der Waals surface area contributed by atoms with Crippen molar-refractivity contribution < 1.29 is 37.3 Å². The number of likely N-dealkylation sites (tertiary alicyclic amines) is 1. The van der Waals surface area contributed by atoms with Gasteiger partial charge in [-0.3, -0.25) is 9.78 Å². The van der Waals surface area contributed by atoms with E-state index in [2.05, 4.69) is 4.98 Å². The highest BCUT2D eigenvalue weighted by atomic mass is 19.4. The molecule has 1 aromatic heterocycles. The molecule has 1 atom stereocenters. The number of aromatic nitrogens is 1. The number of alkyl halides is 3. The van der Waals surface area contributed by atoms with Gasteiger partial charge in [0.2, 0.25) is 5.91 Å². The van der Waals surface area contributed by atoms with Crippen LogP contribution in [0.3, 0.4) is 0 Å². The highest BCUT2D eigenvalue weighted by molar-refractivity contribution is 5.73. The Hall–Kier alpha value is -2.20. The fraction of sp³-hybridized carbons (Fsp3) is 0.611. The minimum absolute atomic E-state index is 0.0778. The van der Waals surface area contributed by atoms with Crippen molar-refractivity contribution in [2.45, 2.75) is 50.7 Å². The molecule has 2 fully saturated rings. The Morgan fingerprint density at radius 1 is 1.39 bits per heavy atom. The molecular formula is C18H23F3N2O5. The highest BCUT2D eigenvalue weighted by Crippen LogP contribution is 2.37. The number of hydrogen-bond acceptors (Lipinski definition) is 5. The van der Waals surface area contributed by atoms with Gasteiger partial charge in [0.1, 0.15) is 0 Å². The number of pyridine rings is 1. The van der Waals surface area contributed by atoms with Crippen molar-refractivity contribution in [3.63, 3.8) is 0 Å². The molecule has 10 heteroatoms. The van der Waals surface area contributed by atoms with Crippen LogP contribution in [-0.4, -0.2) is 64.4 Å². The van der Waals surface area contributed by atoms with Crippen LogP contribution in [0.15, 0.2) is 24.5 Å². The van der Waals surface area contributed by atoms with E-state index in [0.29, 0.717) is 13.2 Å². The molecule has 0 bridgehead atoms. The number of halogens is 3. The summed E-state index contributed by atoms with van der Waals surface area (Å²) in [6.45, 7) is 4.46. The van der Waals surface area contributed by atoms with Gasteiger partial charge in [-0.2, -0.15) is 13.2 Å². The third kappa shape index (κ3) is 6.45. The van der Waals surface area contributed by atoms with E-state index in [1.807, 2.05) is 23.2 Å². The predicted octanol–water partition coefficient (Wildman–Crippen LogP) is 2.40. The third-order valence-electron chi connectivity index (χ3n) is 4.75. The van der Waals surface area contributed by atoms with Crippen LogP contribution in [0.4, 0.5) is 13.2 Å². The summed E-state index contributed by atoms with van der Waals surface area (Å²) in [4.78, 5) is 26.3. The lowest BCUT2D eigenvalue weighted by Gasteiger charge is -2.38. The van der Waals surface area contributed by atoms with Crippen LogP contribution in [-0.2, 0) is 25.7 Å². The van der Waals surface area contributed by atoms with Crippen molar-refractivity contribution in [3.8, 4) is 0 Å². The zero-order valence-electron chi connectivity index (χ0n) is 15.4. The topological polar surface area (TPSA) is 89.0 Å². The Morgan fingerprint density at radius 2 is 2.04 bits per heavy atom. The molecule has 28 heavy (non-hydrogen) atoms. The van der Waals surface area contributed by atoms with Gasteiger partial charge >= 0.3 is 12.1 Å². The molecule has 1 aromatic rings. The van der Waals surface area contributed by atoms with Gasteiger partial charge in [-0.1, -0.05) is 6.07 Å². The number of aliphatic carboxylic acids is 1. The molecule has 2 aliphatic rings. The van der Waals surface area contributed by atoms with Gasteiger partial charge in [-0.25, -0.2) is 4.79 Å². The molecule has 3 rings (SSSR count). The molecule has 0 aliphatic carbocycles. The SMILES string of the molecule is CC(=O)N1CCC2(CC1)CC(OCc1cccnc1)CO2.O=C(O)C(F)(F)F. The molecule has 1 amide bonds. The first kappa shape index (κ1) is 22.1. The first-order chi connectivity index (χ1) is 13.1. The highest BCUT2D eigenvalue weighted by Gasteiger charge is 2.43. The molecule has 1 spiro atoms. The number of rotatable bonds is 3. The van der Waals surface area contributed by atoms with E-state index in [9.17, 15) is 18.0 Å². The van der Waals surface area contributed by atoms with Crippen molar-refractivity contribution >= 4 is 11.9 Å². The summed E-state index contributed by atoms with van der Waals surface area (Å²) in [6.07, 6.45) is 1.42. The number of nitrogens with zero attached hydrogens (tertiary/aromatic N) is 2. The number of carbonyl (C=O) groups excluding carboxylic acids is 1. The Labute approximate surface area is 160 Å². The van der Waals surface area contributed by atoms with Gasteiger partial charge in [0, 0.05) is 38.8 Å². The zero-order valence-corrected chi connectivity index (χ0v) is 15.4. The first-order valence-electron chi connectivity index (χ1n) is 8.81. The van der Waals surface area contributed by atoms with Crippen molar-refractivity contribution in [3.05, 3.63) is 30.1 Å². The van der Waals surface area contributed by atoms with Gasteiger partial charge in [0.15, 0.2) is 0 Å². The molecule has 3 heterocycles. The maximum Gasteiger partial charge on any atom is 0.490 e. The monoisotopic (exact) mass is 404 g/mol. The quantitative estimate of drug-likeness (QED) is 0.832. The fourth-order valence-electron chi connectivity index (χ4n) is 3.18. The second-order valence-electron chi connectivity index (χ2n) is 6.80. The summed E-state index contributed by atoms with van der Waals surface area (Å²) >= 11 is 0. The van der Waals surface area contributed by atoms with E-state index in [1.165, 1.54) is 0 Å². The molecule has 0 saturated carbocycles. The summed E-state index contributed by atoms with van der Waals surface area (Å²) in [6, 6.07) is 3.94. The lowest BCUT2D eigenvalue weighted by atomic mass is 9.88. The van der Waals surface area contributed by atoms with Crippen LogP contribution in [0.25, 0.3) is 0 Å². The number of piperidine rings is 1. The fourth-order valence-corrected chi connectivity index (χ4v) is 3.18. The van der Waals surface area contributed by atoms with E-state index in [0.717, 1.165) is 37.9 Å². The van der Waals surface area contributed by atoms with E-state index < -0.39 is 12.1 Å². The summed E-state index contributed by atoms with van der Waals surface area (Å²) in [5, 5.41) is 7.12. The molecule has 7 nitrogen and oxygen atoms in total. The summed E-state index contributed by atoms with van der Waals surface area (Å²) in [7, 11) is 0. The van der Waals surface area contributed by atoms with Crippen molar-refractivity contribution in [2.75, 3.05) is 19.7 Å². The first-order valence-corrected chi connectivity index (χ1v) is 8.81. The Balaban J connectivity index is 0.000000345. The van der Waals surface area contributed by atoms with E-state index in [4.69, 9.17) is 19.4 Å². The van der Waals surface area contributed by atoms with Crippen LogP contribution >= 0.6 is 0 Å². The minimum Gasteiger partial charge on any atom is -0.475 e. The van der Waals surface area contributed by atoms with Crippen molar-refractivity contribution in [1.29, 1.82) is 0 Å². The molecule has 156 valence electrons. The zero-order chi connectivity index (χ0) is 20.8. The molecule has 2 aliphatic heterocycles. The van der Waals surface area contributed by atoms with Crippen molar-refractivity contribution in [1.82, 2.24) is 9.88 Å². The second-order valence-corrected chi connectivity index (χ2v) is 6.80. The summed E-state index contributed by atoms with van der Waals surface area (Å²) in [5.41, 5.74) is 1.01. The predicted molar refractivity (Wildman–Crippen MR) is 91.3 cm³/mol. The summed E-state index contributed by atoms with van der Waals surface area (Å²) < 4.78 is 43.7. The van der Waals surface area contributed by atoms with Crippen molar-refractivity contribution in [2.24, 2.45) is 0 Å². The third-order valence-corrected chi connectivity index (χ3v) is 4.75. The van der Waals surface area contributed by atoms with Crippen LogP contribution < -0.4 is 0 Å². The van der Waals surface area contributed by atoms with Crippen LogP contribution in [0.5, 0.6) is 0 Å². The normalized spacial score (nSPS) is 21.1. The maximum atomic E-state index is 11.4. The number of carbonyl (C=O) groups is 2. The van der Waals surface area contributed by atoms with Gasteiger partial charge in [0.25, 0.3) is 0 Å². The number of hydrogen-bond donors (Lipinski definition) is 1. The van der Waals surface area contributed by atoms with Gasteiger partial charge in [-0.05, 0) is 24.5 Å². The largest absolute Gasteiger partial charge is 0.490 e. The van der Waals surface area contributed by atoms with Crippen LogP contribution in [0.2, 0.25) is 0 Å². The number of carboxylic acid groups (broad SMARTS) is 1. The molecular weight excluding hydrogens is 381 g/mol. The number of carboxylic acids is 1. The molecule has 1 N–H and O–H groups in total. The second kappa shape index (κ2) is 9.33. The summed E-state index contributed by atoms with van der Waals surface area (Å²) in [5.74, 6) is -2.60. The number of ether oxygens (including phenoxy) is 2. The Kier molecular flexibility index (Phi) is 7.36. The van der Waals surface area contributed by atoms with Gasteiger partial charge in [-0.15, -0.1) is 0 Å². The molecule has 0 aromatic carbocycles. The molecule has 2 saturated heterocycles. The average molecular weight is 404 g/mol. The van der Waals surface area contributed by atoms with E-state index in [-0.39, 0.29) is 17.6 Å². The standard InChI is InChI=1S/C16H22N2O3.C2HF3O2/c1-13(19)18-7-4-16(5-8-18)9-15(12-21-16)20-11-14-3-2-6-17-10-14;3-2(4,5)1(6)7/h2-3,6,10,15H,4-5,7-9,11-12H2,1H3;(H,6,7). The van der Waals surface area contributed by atoms with Gasteiger partial charge in [0.05, 0.1) is 24.9 Å².